The summed E-state index contributed by atoms with van der Waals surface area (Å²) in [5, 5.41) is 110. The molecule has 3 saturated heterocycles. The summed E-state index contributed by atoms with van der Waals surface area (Å²) < 4.78 is 23.8. The van der Waals surface area contributed by atoms with Gasteiger partial charge in [0.2, 0.25) is 5.91 Å². The van der Waals surface area contributed by atoms with Crippen molar-refractivity contribution in [3.8, 4) is 0 Å². The molecule has 70 heavy (non-hydrogen) atoms. The molecule has 4 aliphatic heterocycles. The Morgan fingerprint density at radius 2 is 1.27 bits per heavy atom. The highest BCUT2D eigenvalue weighted by Gasteiger charge is 2.52. The van der Waals surface area contributed by atoms with Crippen LogP contribution < -0.4 is 11.5 Å². The molecular formula is C51H81N3O16. The summed E-state index contributed by atoms with van der Waals surface area (Å²) in [5.41, 5.74) is 12.2. The summed E-state index contributed by atoms with van der Waals surface area (Å²) in [5.74, 6) is -5.43. The average Bonchev–Trinajstić information content (AvgIpc) is 3.73. The number of amides is 1. The van der Waals surface area contributed by atoms with E-state index in [1.807, 2.05) is 49.5 Å². The Morgan fingerprint density at radius 1 is 0.671 bits per heavy atom. The lowest BCUT2D eigenvalue weighted by Gasteiger charge is -2.46. The van der Waals surface area contributed by atoms with Crippen molar-refractivity contribution < 1.29 is 79.6 Å². The van der Waals surface area contributed by atoms with E-state index in [-0.39, 0.29) is 44.2 Å². The summed E-state index contributed by atoms with van der Waals surface area (Å²) in [7, 11) is 0. The molecule has 4 aliphatic rings. The van der Waals surface area contributed by atoms with E-state index in [0.717, 1.165) is 0 Å². The zero-order chi connectivity index (χ0) is 51.7. The molecule has 2 bridgehead atoms. The molecule has 0 unspecified atom stereocenters. The van der Waals surface area contributed by atoms with Crippen molar-refractivity contribution in [2.75, 3.05) is 13.1 Å². The van der Waals surface area contributed by atoms with E-state index in [4.69, 9.17) is 30.4 Å². The number of cyclic esters (lactones) is 1. The normalized spacial score (nSPS) is 45.3. The third kappa shape index (κ3) is 18.5. The van der Waals surface area contributed by atoms with Gasteiger partial charge in [0.25, 0.3) is 0 Å². The molecular weight excluding hydrogens is 911 g/mol. The number of carbonyl (C=O) groups is 2. The second kappa shape index (κ2) is 28.7. The number of esters is 1. The molecule has 0 aromatic heterocycles. The number of likely N-dealkylation sites (tertiary alicyclic amines) is 1. The van der Waals surface area contributed by atoms with E-state index in [1.165, 1.54) is 4.90 Å². The van der Waals surface area contributed by atoms with E-state index in [9.17, 15) is 60.7 Å². The number of allylic oxidation sites excluding steroid dienone is 12. The van der Waals surface area contributed by atoms with Crippen LogP contribution in [0.4, 0.5) is 0 Å². The first-order chi connectivity index (χ1) is 33.1. The van der Waals surface area contributed by atoms with Gasteiger partial charge >= 0.3 is 5.97 Å². The minimum absolute atomic E-state index is 0.0925. The summed E-state index contributed by atoms with van der Waals surface area (Å²) in [6, 6.07) is -1.41. The van der Waals surface area contributed by atoms with Gasteiger partial charge in [0.1, 0.15) is 12.2 Å². The summed E-state index contributed by atoms with van der Waals surface area (Å²) >= 11 is 0. The van der Waals surface area contributed by atoms with Crippen LogP contribution in [0.25, 0.3) is 0 Å². The Labute approximate surface area is 411 Å². The van der Waals surface area contributed by atoms with E-state index < -0.39 is 147 Å². The zero-order valence-electron chi connectivity index (χ0n) is 40.9. The number of hydrogen-bond acceptors (Lipinski definition) is 18. The predicted octanol–water partition coefficient (Wildman–Crippen LogP) is 0.187. The van der Waals surface area contributed by atoms with Crippen molar-refractivity contribution in [1.82, 2.24) is 4.90 Å². The largest absolute Gasteiger partial charge is 0.462 e. The van der Waals surface area contributed by atoms with Crippen LogP contribution in [0.5, 0.6) is 0 Å². The molecule has 14 N–H and O–H groups in total. The Kier molecular flexibility index (Phi) is 24.2. The quantitative estimate of drug-likeness (QED) is 0.168. The number of aliphatic hydroxyl groups excluding tert-OH is 9. The molecule has 0 spiro atoms. The number of nitrogens with two attached hydrogens (primary N) is 2. The Bertz CT molecular complexity index is 1830. The van der Waals surface area contributed by atoms with Crippen LogP contribution >= 0.6 is 0 Å². The van der Waals surface area contributed by atoms with Gasteiger partial charge in [0.05, 0.1) is 85.5 Å². The third-order valence-electron chi connectivity index (χ3n) is 13.6. The van der Waals surface area contributed by atoms with Gasteiger partial charge < -0.3 is 86.4 Å². The van der Waals surface area contributed by atoms with E-state index in [0.29, 0.717) is 13.0 Å². The third-order valence-corrected chi connectivity index (χ3v) is 13.6. The first-order valence-electron chi connectivity index (χ1n) is 24.6. The molecule has 0 aromatic rings. The van der Waals surface area contributed by atoms with Gasteiger partial charge in [-0.25, -0.2) is 0 Å². The van der Waals surface area contributed by atoms with Gasteiger partial charge in [0, 0.05) is 56.7 Å². The maximum absolute atomic E-state index is 14.1. The standard InChI is InChI=1S/C51H81N3O16/c1-30-17-15-13-11-9-7-5-6-8-10-12-14-16-18-38(69-50-48(64)45(53)47(63)33(4)68-50)26-42-44(49(65)54-22-21-34(52)29-54)41(60)28-51(66,70-42)27-37(57)24-40(59)39(58)20-19-35(55)23-36(56)25-43(61)67-32(3)31(2)46(30)62/h5-18,30-42,44-48,50,55-60,62-64,66H,19-29,52-53H2,1-4H3/b6-5+,9-7+,10-8+,13-11+,14-12+,17-15+,18-16+/t30-,31-,32-,33+,34+,35+,36+,37-,38-,39+,40+,41-,42-,44+,45-,46+,47+,48-,50-,51+/m0/s1. The van der Waals surface area contributed by atoms with E-state index >= 15 is 0 Å². The predicted molar refractivity (Wildman–Crippen MR) is 259 cm³/mol. The summed E-state index contributed by atoms with van der Waals surface area (Å²) in [6.07, 6.45) is 5.46. The van der Waals surface area contributed by atoms with Gasteiger partial charge in [-0.2, -0.15) is 0 Å². The van der Waals surface area contributed by atoms with Crippen molar-refractivity contribution in [3.05, 3.63) is 85.1 Å². The lowest BCUT2D eigenvalue weighted by molar-refractivity contribution is -0.308. The van der Waals surface area contributed by atoms with Crippen molar-refractivity contribution >= 4 is 11.9 Å². The number of carbonyl (C=O) groups excluding carboxylic acids is 2. The van der Waals surface area contributed by atoms with Gasteiger partial charge in [-0.15, -0.1) is 0 Å². The van der Waals surface area contributed by atoms with Crippen LogP contribution in [0.2, 0.25) is 0 Å². The number of fused-ring (bicyclic) bond motifs is 2. The molecule has 19 heteroatoms. The number of ether oxygens (including phenoxy) is 4. The van der Waals surface area contributed by atoms with Crippen LogP contribution in [0.15, 0.2) is 85.1 Å². The molecule has 19 nitrogen and oxygen atoms in total. The molecule has 0 saturated carbocycles. The van der Waals surface area contributed by atoms with Gasteiger partial charge in [-0.3, -0.25) is 9.59 Å². The lowest BCUT2D eigenvalue weighted by Crippen LogP contribution is -2.62. The highest BCUT2D eigenvalue weighted by Crippen LogP contribution is 2.39. The molecule has 396 valence electrons. The maximum Gasteiger partial charge on any atom is 0.308 e. The molecule has 0 aromatic carbocycles. The Morgan fingerprint density at radius 3 is 1.87 bits per heavy atom. The SMILES string of the molecule is C[C@@H]1[C@H](O)[C@@H](C)/C=C/C=C/C=C/C=C/C=C/C=C/C=C/[C@H](O[C@@H]2O[C@H](C)[C@@H](O)[C@H](N)[C@@H]2O)C[C@@H]2O[C@](O)(C[C@@H](O)C[C@@H](O)[C@H](O)CC[C@@H](O)C[C@@H](O)CC(=O)O[C@H]1C)C[C@H](O)[C@H]2C(=O)N1CC[C@@H](N)C1. The topological polar surface area (TPSA) is 329 Å². The lowest BCUT2D eigenvalue weighted by atomic mass is 9.81. The minimum Gasteiger partial charge on any atom is -0.462 e. The minimum atomic E-state index is -2.26. The fourth-order valence-electron chi connectivity index (χ4n) is 9.17. The molecule has 3 fully saturated rings. The highest BCUT2D eigenvalue weighted by atomic mass is 16.7. The monoisotopic (exact) mass is 992 g/mol. The zero-order valence-corrected chi connectivity index (χ0v) is 40.9. The van der Waals surface area contributed by atoms with Crippen LogP contribution in [0.1, 0.15) is 85.5 Å². The number of hydrogen-bond donors (Lipinski definition) is 12. The first kappa shape index (κ1) is 59.1. The number of rotatable bonds is 3. The molecule has 4 rings (SSSR count). The summed E-state index contributed by atoms with van der Waals surface area (Å²) in [6.45, 7) is 7.36. The van der Waals surface area contributed by atoms with Crippen molar-refractivity contribution in [1.29, 1.82) is 0 Å². The fraction of sp³-hybridized carbons (Fsp3) is 0.686. The Balaban J connectivity index is 1.60. The van der Waals surface area contributed by atoms with Crippen LogP contribution in [0, 0.1) is 17.8 Å². The number of aliphatic hydroxyl groups is 10. The molecule has 1 amide bonds. The molecule has 4 heterocycles. The van der Waals surface area contributed by atoms with Crippen LogP contribution in [-0.4, -0.2) is 184 Å². The smallest absolute Gasteiger partial charge is 0.308 e. The molecule has 0 radical (unpaired) electrons. The van der Waals surface area contributed by atoms with Crippen molar-refractivity contribution in [2.45, 2.75) is 189 Å². The highest BCUT2D eigenvalue weighted by molar-refractivity contribution is 5.80. The summed E-state index contributed by atoms with van der Waals surface area (Å²) in [4.78, 5) is 28.3. The van der Waals surface area contributed by atoms with Crippen molar-refractivity contribution in [3.63, 3.8) is 0 Å². The van der Waals surface area contributed by atoms with Crippen molar-refractivity contribution in [2.24, 2.45) is 29.2 Å². The number of nitrogens with zero attached hydrogens (tertiary/aromatic N) is 1. The second-order valence-electron chi connectivity index (χ2n) is 19.6. The maximum atomic E-state index is 14.1. The first-order valence-corrected chi connectivity index (χ1v) is 24.6. The van der Waals surface area contributed by atoms with Gasteiger partial charge in [-0.1, -0.05) is 98.9 Å². The Hall–Kier alpha value is -3.48. The van der Waals surface area contributed by atoms with Crippen LogP contribution in [0.3, 0.4) is 0 Å². The molecule has 20 atom stereocenters. The fourth-order valence-corrected chi connectivity index (χ4v) is 9.17. The van der Waals surface area contributed by atoms with Gasteiger partial charge in [0.15, 0.2) is 12.1 Å². The molecule has 0 aliphatic carbocycles. The van der Waals surface area contributed by atoms with Crippen LogP contribution in [-0.2, 0) is 28.5 Å². The van der Waals surface area contributed by atoms with E-state index in [2.05, 4.69) is 0 Å². The van der Waals surface area contributed by atoms with E-state index in [1.54, 1.807) is 63.3 Å². The second-order valence-corrected chi connectivity index (χ2v) is 19.6. The average molecular weight is 992 g/mol. The van der Waals surface area contributed by atoms with Gasteiger partial charge in [-0.05, 0) is 39.5 Å².